The Morgan fingerprint density at radius 1 is 1.16 bits per heavy atom. The highest BCUT2D eigenvalue weighted by Crippen LogP contribution is 2.40. The fourth-order valence-corrected chi connectivity index (χ4v) is 3.50. The van der Waals surface area contributed by atoms with Gasteiger partial charge in [-0.05, 0) is 42.4 Å². The summed E-state index contributed by atoms with van der Waals surface area (Å²) in [4.78, 5) is 4.37. The molecule has 1 fully saturated rings. The Labute approximate surface area is 152 Å². The largest absolute Gasteiger partial charge is 0.383 e. The fraction of sp³-hybridized carbons (Fsp3) is 0.650. The number of aliphatic imine (C=N–C) groups is 1. The van der Waals surface area contributed by atoms with Crippen molar-refractivity contribution in [2.45, 2.75) is 45.6 Å². The summed E-state index contributed by atoms with van der Waals surface area (Å²) >= 11 is 0. The number of anilines is 1. The third-order valence-electron chi connectivity index (χ3n) is 5.32. The molecule has 0 bridgehead atoms. The molecule has 0 saturated heterocycles. The molecule has 0 aliphatic heterocycles. The molecule has 1 aromatic rings. The molecule has 1 aliphatic rings. The summed E-state index contributed by atoms with van der Waals surface area (Å²) in [5, 5.41) is 10.3. The Hall–Kier alpha value is -1.75. The van der Waals surface area contributed by atoms with Crippen molar-refractivity contribution in [3.8, 4) is 0 Å². The van der Waals surface area contributed by atoms with Crippen LogP contribution in [0.5, 0.6) is 0 Å². The quantitative estimate of drug-likeness (QED) is 0.364. The fourth-order valence-electron chi connectivity index (χ4n) is 3.50. The lowest BCUT2D eigenvalue weighted by Gasteiger charge is -2.28. The van der Waals surface area contributed by atoms with Crippen molar-refractivity contribution >= 4 is 11.6 Å². The molecule has 1 aliphatic carbocycles. The number of hydrogen-bond acceptors (Lipinski definition) is 3. The summed E-state index contributed by atoms with van der Waals surface area (Å²) < 4.78 is 5.05. The van der Waals surface area contributed by atoms with Crippen LogP contribution in [0.25, 0.3) is 0 Å². The topological polar surface area (TPSA) is 57.7 Å². The average molecular weight is 347 g/mol. The van der Waals surface area contributed by atoms with E-state index in [1.54, 1.807) is 7.11 Å². The first-order chi connectivity index (χ1) is 12.2. The van der Waals surface area contributed by atoms with E-state index in [1.807, 2.05) is 7.05 Å². The van der Waals surface area contributed by atoms with Crippen LogP contribution in [-0.4, -0.2) is 39.8 Å². The third kappa shape index (κ3) is 6.24. The number of nitrogens with one attached hydrogen (secondary N) is 3. The molecule has 0 aromatic heterocycles. The van der Waals surface area contributed by atoms with Gasteiger partial charge in [0.25, 0.3) is 0 Å². The van der Waals surface area contributed by atoms with Crippen LogP contribution in [-0.2, 0) is 11.3 Å². The third-order valence-corrected chi connectivity index (χ3v) is 5.32. The molecule has 0 atom stereocenters. The highest BCUT2D eigenvalue weighted by atomic mass is 16.5. The zero-order chi connectivity index (χ0) is 18.0. The Morgan fingerprint density at radius 3 is 2.48 bits per heavy atom. The van der Waals surface area contributed by atoms with Crippen molar-refractivity contribution in [1.82, 2.24) is 10.6 Å². The molecule has 25 heavy (non-hydrogen) atoms. The van der Waals surface area contributed by atoms with Crippen LogP contribution in [0, 0.1) is 5.41 Å². The lowest BCUT2D eigenvalue weighted by molar-refractivity contribution is 0.211. The molecule has 0 radical (unpaired) electrons. The maximum absolute atomic E-state index is 5.05. The monoisotopic (exact) mass is 346 g/mol. The van der Waals surface area contributed by atoms with Crippen molar-refractivity contribution in [1.29, 1.82) is 0 Å². The summed E-state index contributed by atoms with van der Waals surface area (Å²) in [5.41, 5.74) is 2.83. The second-order valence-corrected chi connectivity index (χ2v) is 6.96. The van der Waals surface area contributed by atoms with Gasteiger partial charge in [-0.1, -0.05) is 31.9 Å². The first-order valence-electron chi connectivity index (χ1n) is 9.47. The number of guanidine groups is 1. The van der Waals surface area contributed by atoms with E-state index in [4.69, 9.17) is 4.74 Å². The van der Waals surface area contributed by atoms with Gasteiger partial charge in [-0.2, -0.15) is 0 Å². The second kappa shape index (κ2) is 10.3. The molecule has 140 valence electrons. The summed E-state index contributed by atoms with van der Waals surface area (Å²) in [6.07, 6.45) is 6.66. The minimum atomic E-state index is 0.465. The minimum absolute atomic E-state index is 0.465. The van der Waals surface area contributed by atoms with E-state index in [2.05, 4.69) is 52.1 Å². The Balaban J connectivity index is 1.76. The molecular weight excluding hydrogens is 312 g/mol. The smallest absolute Gasteiger partial charge is 0.191 e. The van der Waals surface area contributed by atoms with E-state index in [-0.39, 0.29) is 0 Å². The first-order valence-corrected chi connectivity index (χ1v) is 9.47. The van der Waals surface area contributed by atoms with Gasteiger partial charge >= 0.3 is 0 Å². The number of benzene rings is 1. The van der Waals surface area contributed by atoms with E-state index in [1.165, 1.54) is 37.7 Å². The highest BCUT2D eigenvalue weighted by molar-refractivity contribution is 5.79. The van der Waals surface area contributed by atoms with Gasteiger partial charge in [-0.15, -0.1) is 0 Å². The Morgan fingerprint density at radius 2 is 1.88 bits per heavy atom. The van der Waals surface area contributed by atoms with Crippen LogP contribution in [0.15, 0.2) is 29.3 Å². The maximum Gasteiger partial charge on any atom is 0.191 e. The maximum atomic E-state index is 5.05. The van der Waals surface area contributed by atoms with Gasteiger partial charge in [-0.25, -0.2) is 0 Å². The predicted molar refractivity (Wildman–Crippen MR) is 106 cm³/mol. The molecule has 2 rings (SSSR count). The first kappa shape index (κ1) is 19.6. The summed E-state index contributed by atoms with van der Waals surface area (Å²) in [6, 6.07) is 8.49. The Bertz CT molecular complexity index is 521. The van der Waals surface area contributed by atoms with Crippen molar-refractivity contribution in [3.63, 3.8) is 0 Å². The number of ether oxygens (including phenoxy) is 1. The van der Waals surface area contributed by atoms with Gasteiger partial charge in [0.15, 0.2) is 5.96 Å². The number of rotatable bonds is 9. The van der Waals surface area contributed by atoms with Gasteiger partial charge in [0, 0.05) is 39.5 Å². The number of hydrogen-bond donors (Lipinski definition) is 3. The second-order valence-electron chi connectivity index (χ2n) is 6.96. The molecule has 1 aromatic carbocycles. The van der Waals surface area contributed by atoms with Crippen LogP contribution >= 0.6 is 0 Å². The summed E-state index contributed by atoms with van der Waals surface area (Å²) in [6.45, 7) is 5.64. The normalized spacial score (nSPS) is 16.7. The molecule has 0 unspecified atom stereocenters. The minimum Gasteiger partial charge on any atom is -0.383 e. The molecule has 0 heterocycles. The molecule has 0 spiro atoms. The van der Waals surface area contributed by atoms with E-state index < -0.39 is 0 Å². The van der Waals surface area contributed by atoms with Crippen LogP contribution in [0.2, 0.25) is 0 Å². The van der Waals surface area contributed by atoms with E-state index in [0.717, 1.165) is 31.3 Å². The SMILES string of the molecule is CCC1(CNC(=NC)NCc2ccc(NCCOC)cc2)CCCC1. The molecule has 3 N–H and O–H groups in total. The molecular formula is C20H34N4O. The van der Waals surface area contributed by atoms with Crippen molar-refractivity contribution in [3.05, 3.63) is 29.8 Å². The Kier molecular flexibility index (Phi) is 8.06. The molecule has 5 heteroatoms. The zero-order valence-electron chi connectivity index (χ0n) is 16.0. The van der Waals surface area contributed by atoms with Crippen LogP contribution in [0.3, 0.4) is 0 Å². The highest BCUT2D eigenvalue weighted by Gasteiger charge is 2.31. The van der Waals surface area contributed by atoms with Gasteiger partial charge < -0.3 is 20.7 Å². The number of nitrogens with zero attached hydrogens (tertiary/aromatic N) is 1. The van der Waals surface area contributed by atoms with E-state index in [0.29, 0.717) is 12.0 Å². The molecule has 1 saturated carbocycles. The van der Waals surface area contributed by atoms with Crippen LogP contribution in [0.4, 0.5) is 5.69 Å². The van der Waals surface area contributed by atoms with Crippen molar-refractivity contribution in [2.75, 3.05) is 39.2 Å². The number of methoxy groups -OCH3 is 1. The van der Waals surface area contributed by atoms with Crippen LogP contribution < -0.4 is 16.0 Å². The predicted octanol–water partition coefficient (Wildman–Crippen LogP) is 3.38. The van der Waals surface area contributed by atoms with Gasteiger partial charge in [0.05, 0.1) is 6.61 Å². The van der Waals surface area contributed by atoms with E-state index >= 15 is 0 Å². The average Bonchev–Trinajstić information content (AvgIpc) is 3.13. The van der Waals surface area contributed by atoms with Gasteiger partial charge in [0.2, 0.25) is 0 Å². The van der Waals surface area contributed by atoms with E-state index in [9.17, 15) is 0 Å². The zero-order valence-corrected chi connectivity index (χ0v) is 16.0. The standard InChI is InChI=1S/C20H34N4O/c1-4-20(11-5-6-12-20)16-24-19(21-2)23-15-17-7-9-18(10-8-17)22-13-14-25-3/h7-10,22H,4-6,11-16H2,1-3H3,(H2,21,23,24). The van der Waals surface area contributed by atoms with Gasteiger partial charge in [0.1, 0.15) is 0 Å². The molecule has 5 nitrogen and oxygen atoms in total. The summed E-state index contributed by atoms with van der Waals surface area (Å²) in [5.74, 6) is 0.891. The summed E-state index contributed by atoms with van der Waals surface area (Å²) in [7, 11) is 3.55. The lowest BCUT2D eigenvalue weighted by Crippen LogP contribution is -2.42. The van der Waals surface area contributed by atoms with Crippen LogP contribution in [0.1, 0.15) is 44.6 Å². The molecule has 0 amide bonds. The lowest BCUT2D eigenvalue weighted by atomic mass is 9.83. The van der Waals surface area contributed by atoms with Crippen molar-refractivity contribution in [2.24, 2.45) is 10.4 Å². The van der Waals surface area contributed by atoms with Crippen molar-refractivity contribution < 1.29 is 4.74 Å². The van der Waals surface area contributed by atoms with Gasteiger partial charge in [-0.3, -0.25) is 4.99 Å².